The first-order valence-electron chi connectivity index (χ1n) is 7.82. The predicted molar refractivity (Wildman–Crippen MR) is 101 cm³/mol. The van der Waals surface area contributed by atoms with Crippen LogP contribution in [0.25, 0.3) is 10.6 Å². The van der Waals surface area contributed by atoms with Crippen molar-refractivity contribution in [2.75, 3.05) is 6.54 Å². The molecule has 0 saturated carbocycles. The lowest BCUT2D eigenvalue weighted by molar-refractivity contribution is -0.137. The Morgan fingerprint density at radius 1 is 1.20 bits per heavy atom. The molecule has 25 heavy (non-hydrogen) atoms. The summed E-state index contributed by atoms with van der Waals surface area (Å²) in [6.07, 6.45) is 2.26. The van der Waals surface area contributed by atoms with Gasteiger partial charge < -0.3 is 10.4 Å². The molecule has 1 aromatic heterocycles. The number of unbranched alkanes of at least 4 members (excludes halogenated alkanes) is 2. The van der Waals surface area contributed by atoms with Crippen molar-refractivity contribution in [2.24, 2.45) is 0 Å². The van der Waals surface area contributed by atoms with Gasteiger partial charge in [-0.15, -0.1) is 11.3 Å². The largest absolute Gasteiger partial charge is 0.481 e. The number of carbonyl (C=O) groups excluding carboxylic acids is 1. The van der Waals surface area contributed by atoms with Crippen LogP contribution in [0.2, 0.25) is 10.0 Å². The highest BCUT2D eigenvalue weighted by Gasteiger charge is 2.19. The normalized spacial score (nSPS) is 10.7. The van der Waals surface area contributed by atoms with E-state index < -0.39 is 5.97 Å². The van der Waals surface area contributed by atoms with Crippen LogP contribution < -0.4 is 5.32 Å². The summed E-state index contributed by atoms with van der Waals surface area (Å²) in [7, 11) is 0. The van der Waals surface area contributed by atoms with Crippen LogP contribution in [0.1, 0.15) is 41.0 Å². The fraction of sp³-hybridized carbons (Fsp3) is 0.353. The van der Waals surface area contributed by atoms with Gasteiger partial charge >= 0.3 is 5.97 Å². The number of thiazole rings is 1. The van der Waals surface area contributed by atoms with Gasteiger partial charge in [0.15, 0.2) is 0 Å². The lowest BCUT2D eigenvalue weighted by Crippen LogP contribution is -2.24. The summed E-state index contributed by atoms with van der Waals surface area (Å²) in [6, 6.07) is 5.22. The molecule has 0 saturated heterocycles. The predicted octanol–water partition coefficient (Wildman–Crippen LogP) is 4.80. The molecular formula is C17H18Cl2N2O3S. The number of carboxylic acid groups (broad SMARTS) is 1. The Morgan fingerprint density at radius 2 is 1.88 bits per heavy atom. The molecule has 0 aliphatic carbocycles. The molecule has 0 bridgehead atoms. The van der Waals surface area contributed by atoms with E-state index in [-0.39, 0.29) is 12.3 Å². The number of hydrogen-bond donors (Lipinski definition) is 2. The average molecular weight is 401 g/mol. The van der Waals surface area contributed by atoms with E-state index in [2.05, 4.69) is 10.3 Å². The number of hydrogen-bond acceptors (Lipinski definition) is 4. The molecule has 2 rings (SSSR count). The monoisotopic (exact) mass is 400 g/mol. The van der Waals surface area contributed by atoms with E-state index in [1.165, 1.54) is 11.3 Å². The minimum atomic E-state index is -0.796. The quantitative estimate of drug-likeness (QED) is 0.623. The van der Waals surface area contributed by atoms with Gasteiger partial charge in [0.2, 0.25) is 0 Å². The highest BCUT2D eigenvalue weighted by Crippen LogP contribution is 2.37. The third-order valence-electron chi connectivity index (χ3n) is 3.53. The van der Waals surface area contributed by atoms with Crippen molar-refractivity contribution in [3.05, 3.63) is 38.8 Å². The summed E-state index contributed by atoms with van der Waals surface area (Å²) < 4.78 is 0. The highest BCUT2D eigenvalue weighted by molar-refractivity contribution is 7.17. The van der Waals surface area contributed by atoms with Crippen molar-refractivity contribution >= 4 is 46.4 Å². The van der Waals surface area contributed by atoms with E-state index in [9.17, 15) is 9.59 Å². The van der Waals surface area contributed by atoms with Crippen molar-refractivity contribution in [1.29, 1.82) is 0 Å². The molecule has 0 atom stereocenters. The van der Waals surface area contributed by atoms with E-state index in [0.717, 1.165) is 12.8 Å². The maximum absolute atomic E-state index is 12.3. The maximum Gasteiger partial charge on any atom is 0.303 e. The van der Waals surface area contributed by atoms with Gasteiger partial charge in [0.25, 0.3) is 5.91 Å². The van der Waals surface area contributed by atoms with Crippen LogP contribution in [0.5, 0.6) is 0 Å². The number of amides is 1. The molecule has 1 heterocycles. The molecule has 0 unspecified atom stereocenters. The number of aliphatic carboxylic acids is 1. The van der Waals surface area contributed by atoms with Gasteiger partial charge in [0, 0.05) is 18.5 Å². The number of nitrogens with one attached hydrogen (secondary N) is 1. The number of halogens is 2. The van der Waals surface area contributed by atoms with Crippen molar-refractivity contribution < 1.29 is 14.7 Å². The first-order valence-corrected chi connectivity index (χ1v) is 9.39. The Balaban J connectivity index is 1.98. The Kier molecular flexibility index (Phi) is 7.23. The van der Waals surface area contributed by atoms with Gasteiger partial charge in [0.05, 0.1) is 15.7 Å². The van der Waals surface area contributed by atoms with Crippen LogP contribution in [0.4, 0.5) is 0 Å². The van der Waals surface area contributed by atoms with E-state index in [0.29, 0.717) is 44.2 Å². The molecule has 0 spiro atoms. The zero-order chi connectivity index (χ0) is 18.4. The minimum Gasteiger partial charge on any atom is -0.481 e. The molecule has 134 valence electrons. The van der Waals surface area contributed by atoms with E-state index in [4.69, 9.17) is 28.3 Å². The molecule has 0 radical (unpaired) electrons. The van der Waals surface area contributed by atoms with Crippen LogP contribution in [-0.2, 0) is 4.79 Å². The van der Waals surface area contributed by atoms with Crippen LogP contribution in [0.3, 0.4) is 0 Å². The number of aryl methyl sites for hydroxylation is 1. The lowest BCUT2D eigenvalue weighted by Gasteiger charge is -2.04. The maximum atomic E-state index is 12.3. The van der Waals surface area contributed by atoms with Crippen LogP contribution in [0, 0.1) is 6.92 Å². The second kappa shape index (κ2) is 9.17. The molecule has 1 aromatic carbocycles. The zero-order valence-electron chi connectivity index (χ0n) is 13.6. The Hall–Kier alpha value is -1.63. The molecule has 2 aromatic rings. The number of nitrogens with zero attached hydrogens (tertiary/aromatic N) is 1. The van der Waals surface area contributed by atoms with E-state index in [1.807, 2.05) is 0 Å². The fourth-order valence-corrected chi connectivity index (χ4v) is 4.02. The number of benzene rings is 1. The molecule has 2 N–H and O–H groups in total. The van der Waals surface area contributed by atoms with Crippen molar-refractivity contribution in [3.63, 3.8) is 0 Å². The first kappa shape index (κ1) is 19.7. The molecule has 0 fully saturated rings. The molecule has 1 amide bonds. The Labute approximate surface area is 160 Å². The van der Waals surface area contributed by atoms with Gasteiger partial charge in [-0.2, -0.15) is 0 Å². The average Bonchev–Trinajstić information content (AvgIpc) is 2.91. The van der Waals surface area contributed by atoms with Gasteiger partial charge in [0.1, 0.15) is 9.88 Å². The summed E-state index contributed by atoms with van der Waals surface area (Å²) in [5.41, 5.74) is 1.26. The van der Waals surface area contributed by atoms with Crippen LogP contribution in [-0.4, -0.2) is 28.5 Å². The summed E-state index contributed by atoms with van der Waals surface area (Å²) in [5, 5.41) is 13.0. The van der Waals surface area contributed by atoms with E-state index >= 15 is 0 Å². The lowest BCUT2D eigenvalue weighted by atomic mass is 10.2. The number of aromatic nitrogens is 1. The SMILES string of the molecule is Cc1nc(-c2c(Cl)cccc2Cl)sc1C(=O)NCCCCCC(=O)O. The van der Waals surface area contributed by atoms with Gasteiger partial charge in [-0.3, -0.25) is 9.59 Å². The summed E-state index contributed by atoms with van der Waals surface area (Å²) in [6.45, 7) is 2.27. The van der Waals surface area contributed by atoms with Crippen molar-refractivity contribution in [1.82, 2.24) is 10.3 Å². The second-order valence-corrected chi connectivity index (χ2v) is 7.30. The fourth-order valence-electron chi connectivity index (χ4n) is 2.28. The molecule has 0 aliphatic heterocycles. The third kappa shape index (κ3) is 5.42. The number of rotatable bonds is 8. The van der Waals surface area contributed by atoms with Gasteiger partial charge in [-0.25, -0.2) is 4.98 Å². The Morgan fingerprint density at radius 3 is 2.52 bits per heavy atom. The molecule has 5 nitrogen and oxygen atoms in total. The highest BCUT2D eigenvalue weighted by atomic mass is 35.5. The molecule has 0 aliphatic rings. The topological polar surface area (TPSA) is 79.3 Å². The Bertz CT molecular complexity index is 757. The van der Waals surface area contributed by atoms with Crippen molar-refractivity contribution in [3.8, 4) is 10.6 Å². The standard InChI is InChI=1S/C17H18Cl2N2O3S/c1-10-15(16(24)20-9-4-2-3-8-13(22)23)25-17(21-10)14-11(18)6-5-7-12(14)19/h5-7H,2-4,8-9H2,1H3,(H,20,24)(H,22,23). The van der Waals surface area contributed by atoms with Crippen LogP contribution in [0.15, 0.2) is 18.2 Å². The first-order chi connectivity index (χ1) is 11.9. The summed E-state index contributed by atoms with van der Waals surface area (Å²) >= 11 is 13.7. The van der Waals surface area contributed by atoms with Gasteiger partial charge in [-0.05, 0) is 31.9 Å². The summed E-state index contributed by atoms with van der Waals surface area (Å²) in [5.74, 6) is -0.988. The van der Waals surface area contributed by atoms with Crippen molar-refractivity contribution in [2.45, 2.75) is 32.6 Å². The zero-order valence-corrected chi connectivity index (χ0v) is 16.0. The molecular weight excluding hydrogens is 383 g/mol. The van der Waals surface area contributed by atoms with Crippen LogP contribution >= 0.6 is 34.5 Å². The van der Waals surface area contributed by atoms with Gasteiger partial charge in [-0.1, -0.05) is 35.7 Å². The number of carboxylic acids is 1. The second-order valence-electron chi connectivity index (χ2n) is 5.49. The smallest absolute Gasteiger partial charge is 0.303 e. The number of carbonyl (C=O) groups is 2. The third-order valence-corrected chi connectivity index (χ3v) is 5.34. The summed E-state index contributed by atoms with van der Waals surface area (Å²) in [4.78, 5) is 27.7. The minimum absolute atomic E-state index is 0.157. The molecule has 8 heteroatoms. The van der Waals surface area contributed by atoms with E-state index in [1.54, 1.807) is 25.1 Å².